The topological polar surface area (TPSA) is 62.2 Å². The average Bonchev–Trinajstić information content (AvgIpc) is 2.53. The molecule has 3 aromatic rings. The normalized spacial score (nSPS) is 10.8. The molecule has 0 unspecified atom stereocenters. The zero-order valence-electron chi connectivity index (χ0n) is 11.8. The van der Waals surface area contributed by atoms with Crippen LogP contribution in [-0.4, -0.2) is 16.1 Å². The summed E-state index contributed by atoms with van der Waals surface area (Å²) < 4.78 is 0.722. The first-order valence-corrected chi connectivity index (χ1v) is 8.63. The van der Waals surface area contributed by atoms with E-state index in [9.17, 15) is 9.90 Å². The largest absolute Gasteiger partial charge is 0.478 e. The molecule has 4 nitrogen and oxygen atoms in total. The van der Waals surface area contributed by atoms with Crippen molar-refractivity contribution in [3.8, 4) is 0 Å². The van der Waals surface area contributed by atoms with Gasteiger partial charge < -0.3 is 10.4 Å². The van der Waals surface area contributed by atoms with Crippen LogP contribution in [0.5, 0.6) is 0 Å². The first kappa shape index (κ1) is 17.4. The summed E-state index contributed by atoms with van der Waals surface area (Å²) in [7, 11) is 0. The first-order chi connectivity index (χ1) is 11.4. The third-order valence-corrected chi connectivity index (χ3v) is 5.13. The van der Waals surface area contributed by atoms with Gasteiger partial charge in [-0.3, -0.25) is 4.98 Å². The second-order valence-corrected chi connectivity index (χ2v) is 7.10. The van der Waals surface area contributed by atoms with Crippen molar-refractivity contribution >= 4 is 80.0 Å². The van der Waals surface area contributed by atoms with Crippen LogP contribution >= 0.6 is 51.8 Å². The van der Waals surface area contributed by atoms with Crippen LogP contribution in [0.4, 0.5) is 11.4 Å². The van der Waals surface area contributed by atoms with Gasteiger partial charge in [-0.05, 0) is 46.3 Å². The van der Waals surface area contributed by atoms with Crippen LogP contribution in [0, 0.1) is 0 Å². The lowest BCUT2D eigenvalue weighted by Gasteiger charge is -2.14. The number of aromatic carboxylic acids is 1. The van der Waals surface area contributed by atoms with Crippen molar-refractivity contribution < 1.29 is 9.90 Å². The molecule has 0 amide bonds. The molecule has 24 heavy (non-hydrogen) atoms. The van der Waals surface area contributed by atoms with E-state index in [0.29, 0.717) is 31.8 Å². The molecular weight excluding hydrogens is 435 g/mol. The number of aromatic nitrogens is 1. The van der Waals surface area contributed by atoms with Crippen LogP contribution in [0.1, 0.15) is 10.4 Å². The van der Waals surface area contributed by atoms with Gasteiger partial charge in [0.25, 0.3) is 0 Å². The fraction of sp³-hybridized carbons (Fsp3) is 0. The summed E-state index contributed by atoms with van der Waals surface area (Å²) in [6.45, 7) is 0. The van der Waals surface area contributed by atoms with Gasteiger partial charge in [0.2, 0.25) is 0 Å². The highest BCUT2D eigenvalue weighted by Gasteiger charge is 2.15. The fourth-order valence-electron chi connectivity index (χ4n) is 2.25. The van der Waals surface area contributed by atoms with E-state index in [1.807, 2.05) is 0 Å². The van der Waals surface area contributed by atoms with Crippen LogP contribution in [-0.2, 0) is 0 Å². The molecule has 1 aromatic heterocycles. The van der Waals surface area contributed by atoms with E-state index < -0.39 is 5.97 Å². The Labute approximate surface area is 161 Å². The molecule has 0 saturated carbocycles. The number of halogens is 3. The number of rotatable bonds is 3. The Bertz CT molecular complexity index is 982. The Morgan fingerprint density at radius 1 is 1.25 bits per heavy atom. The van der Waals surface area contributed by atoms with Gasteiger partial charge in [-0.15, -0.1) is 12.6 Å². The van der Waals surface area contributed by atoms with Crippen LogP contribution in [0.25, 0.3) is 10.9 Å². The molecule has 0 saturated heterocycles. The zero-order valence-corrected chi connectivity index (χ0v) is 15.8. The highest BCUT2D eigenvalue weighted by atomic mass is 79.9. The quantitative estimate of drug-likeness (QED) is 0.432. The Kier molecular flexibility index (Phi) is 4.92. The molecule has 0 aliphatic heterocycles. The average molecular weight is 444 g/mol. The molecule has 2 aromatic carbocycles. The van der Waals surface area contributed by atoms with E-state index in [1.165, 1.54) is 6.07 Å². The summed E-state index contributed by atoms with van der Waals surface area (Å²) >= 11 is 19.8. The van der Waals surface area contributed by atoms with Crippen LogP contribution in [0.3, 0.4) is 0 Å². The lowest BCUT2D eigenvalue weighted by atomic mass is 10.1. The molecule has 8 heteroatoms. The summed E-state index contributed by atoms with van der Waals surface area (Å²) in [4.78, 5) is 16.3. The number of anilines is 2. The van der Waals surface area contributed by atoms with Crippen LogP contribution in [0.2, 0.25) is 10.0 Å². The summed E-state index contributed by atoms with van der Waals surface area (Å²) in [6.07, 6.45) is 1.59. The minimum Gasteiger partial charge on any atom is -0.478 e. The molecule has 0 bridgehead atoms. The van der Waals surface area contributed by atoms with E-state index in [4.69, 9.17) is 23.2 Å². The SMILES string of the molecule is O=C(O)c1cc(Cl)ccc1Nc1c(S)cnc2cc(Br)c(Cl)cc12. The number of hydrogen-bond donors (Lipinski definition) is 3. The van der Waals surface area contributed by atoms with Crippen LogP contribution < -0.4 is 5.32 Å². The van der Waals surface area contributed by atoms with Crippen LogP contribution in [0.15, 0.2) is 45.9 Å². The number of nitrogens with one attached hydrogen (secondary N) is 1. The van der Waals surface area contributed by atoms with E-state index in [2.05, 4.69) is 38.9 Å². The number of nitrogens with zero attached hydrogens (tertiary/aromatic N) is 1. The van der Waals surface area contributed by atoms with Crippen molar-refractivity contribution in [3.05, 3.63) is 56.6 Å². The zero-order chi connectivity index (χ0) is 17.4. The second kappa shape index (κ2) is 6.80. The van der Waals surface area contributed by atoms with Gasteiger partial charge in [-0.1, -0.05) is 23.2 Å². The van der Waals surface area contributed by atoms with E-state index in [-0.39, 0.29) is 5.56 Å². The molecule has 0 fully saturated rings. The maximum Gasteiger partial charge on any atom is 0.337 e. The Morgan fingerprint density at radius 2 is 2.00 bits per heavy atom. The molecule has 0 radical (unpaired) electrons. The number of carbonyl (C=O) groups is 1. The van der Waals surface area contributed by atoms with Gasteiger partial charge in [0, 0.05) is 26.0 Å². The highest BCUT2D eigenvalue weighted by Crippen LogP contribution is 2.36. The molecule has 0 aliphatic rings. The Balaban J connectivity index is 2.19. The minimum absolute atomic E-state index is 0.0587. The van der Waals surface area contributed by atoms with Crippen molar-refractivity contribution in [2.45, 2.75) is 4.90 Å². The molecule has 0 spiro atoms. The lowest BCUT2D eigenvalue weighted by molar-refractivity contribution is 0.0698. The van der Waals surface area contributed by atoms with Gasteiger partial charge in [-0.25, -0.2) is 4.79 Å². The summed E-state index contributed by atoms with van der Waals surface area (Å²) in [5.74, 6) is -1.08. The fourth-order valence-corrected chi connectivity index (χ4v) is 3.15. The van der Waals surface area contributed by atoms with Crippen molar-refractivity contribution in [2.75, 3.05) is 5.32 Å². The maximum absolute atomic E-state index is 11.5. The van der Waals surface area contributed by atoms with Crippen molar-refractivity contribution in [1.82, 2.24) is 4.98 Å². The molecule has 0 atom stereocenters. The molecule has 1 heterocycles. The standard InChI is InChI=1S/C16H9BrCl2N2O2S/c17-10-5-13-8(4-11(10)19)15(14(24)6-20-13)21-12-2-1-7(18)3-9(12)16(22)23/h1-6,24H,(H,20,21)(H,22,23). The number of pyridine rings is 1. The first-order valence-electron chi connectivity index (χ1n) is 6.63. The van der Waals surface area contributed by atoms with Gasteiger partial charge in [-0.2, -0.15) is 0 Å². The second-order valence-electron chi connectivity index (χ2n) is 4.92. The third kappa shape index (κ3) is 3.32. The summed E-state index contributed by atoms with van der Waals surface area (Å²) in [5, 5.41) is 14.1. The predicted octanol–water partition coefficient (Wildman–Crippen LogP) is 6.03. The highest BCUT2D eigenvalue weighted by molar-refractivity contribution is 9.10. The van der Waals surface area contributed by atoms with Gasteiger partial charge in [0.1, 0.15) is 0 Å². The molecule has 2 N–H and O–H groups in total. The number of benzene rings is 2. The summed E-state index contributed by atoms with van der Waals surface area (Å²) in [6, 6.07) is 8.13. The Hall–Kier alpha value is -1.47. The smallest absolute Gasteiger partial charge is 0.337 e. The maximum atomic E-state index is 11.5. The number of hydrogen-bond acceptors (Lipinski definition) is 4. The van der Waals surface area contributed by atoms with Gasteiger partial charge in [0.05, 0.1) is 27.5 Å². The van der Waals surface area contributed by atoms with E-state index in [0.717, 1.165) is 9.86 Å². The molecule has 0 aliphatic carbocycles. The summed E-state index contributed by atoms with van der Waals surface area (Å²) in [5.41, 5.74) is 1.76. The molecular formula is C16H9BrCl2N2O2S. The lowest BCUT2D eigenvalue weighted by Crippen LogP contribution is -2.03. The molecule has 3 rings (SSSR count). The number of thiol groups is 1. The number of carboxylic acids is 1. The van der Waals surface area contributed by atoms with E-state index >= 15 is 0 Å². The minimum atomic E-state index is -1.08. The van der Waals surface area contributed by atoms with E-state index in [1.54, 1.807) is 30.5 Å². The molecule has 122 valence electrons. The number of fused-ring (bicyclic) bond motifs is 1. The number of carboxylic acid groups (broad SMARTS) is 1. The monoisotopic (exact) mass is 442 g/mol. The predicted molar refractivity (Wildman–Crippen MR) is 103 cm³/mol. The van der Waals surface area contributed by atoms with Crippen molar-refractivity contribution in [3.63, 3.8) is 0 Å². The Morgan fingerprint density at radius 3 is 2.71 bits per heavy atom. The van der Waals surface area contributed by atoms with Crippen molar-refractivity contribution in [2.24, 2.45) is 0 Å². The van der Waals surface area contributed by atoms with Gasteiger partial charge >= 0.3 is 5.97 Å². The third-order valence-electron chi connectivity index (χ3n) is 3.36. The van der Waals surface area contributed by atoms with Gasteiger partial charge in [0.15, 0.2) is 0 Å². The van der Waals surface area contributed by atoms with Crippen molar-refractivity contribution in [1.29, 1.82) is 0 Å².